The van der Waals surface area contributed by atoms with Gasteiger partial charge in [0.25, 0.3) is 0 Å². The minimum Gasteiger partial charge on any atom is -0.464 e. The molecule has 1 heterocycles. The maximum Gasteiger partial charge on any atom is 0.244 e. The van der Waals surface area contributed by atoms with Crippen LogP contribution in [-0.2, 0) is 16.6 Å². The summed E-state index contributed by atoms with van der Waals surface area (Å²) < 4.78 is 32.7. The third kappa shape index (κ3) is 3.81. The summed E-state index contributed by atoms with van der Waals surface area (Å²) >= 11 is 0. The first-order chi connectivity index (χ1) is 8.85. The molecule has 0 saturated carbocycles. The highest BCUT2D eigenvalue weighted by Gasteiger charge is 2.25. The molecule has 0 fully saturated rings. The van der Waals surface area contributed by atoms with Gasteiger partial charge >= 0.3 is 0 Å². The highest BCUT2D eigenvalue weighted by molar-refractivity contribution is 7.89. The van der Waals surface area contributed by atoms with E-state index in [1.54, 1.807) is 6.92 Å². The van der Waals surface area contributed by atoms with Crippen LogP contribution >= 0.6 is 0 Å². The molecule has 0 aliphatic carbocycles. The van der Waals surface area contributed by atoms with Crippen LogP contribution < -0.4 is 10.5 Å². The molecule has 0 radical (unpaired) electrons. The largest absolute Gasteiger partial charge is 0.464 e. The molecular weight excluding hydrogens is 264 g/mol. The summed E-state index contributed by atoms with van der Waals surface area (Å²) in [5.41, 5.74) is 5.46. The Labute approximate surface area is 115 Å². The second-order valence-corrected chi connectivity index (χ2v) is 6.51. The minimum absolute atomic E-state index is 0.101. The van der Waals surface area contributed by atoms with Gasteiger partial charge in [-0.15, -0.1) is 0 Å². The van der Waals surface area contributed by atoms with Crippen molar-refractivity contribution in [3.63, 3.8) is 0 Å². The van der Waals surface area contributed by atoms with Gasteiger partial charge < -0.3 is 10.2 Å². The summed E-state index contributed by atoms with van der Waals surface area (Å²) in [6.07, 6.45) is 1.89. The van der Waals surface area contributed by atoms with Crippen LogP contribution in [0.15, 0.2) is 15.4 Å². The lowest BCUT2D eigenvalue weighted by Crippen LogP contribution is -2.37. The van der Waals surface area contributed by atoms with E-state index in [0.717, 1.165) is 12.8 Å². The van der Waals surface area contributed by atoms with Gasteiger partial charge in [0.05, 0.1) is 6.54 Å². The Morgan fingerprint density at radius 2 is 1.95 bits per heavy atom. The van der Waals surface area contributed by atoms with Gasteiger partial charge in [0.15, 0.2) is 0 Å². The lowest BCUT2D eigenvalue weighted by Gasteiger charge is -2.22. The van der Waals surface area contributed by atoms with Crippen LogP contribution in [0, 0.1) is 12.8 Å². The van der Waals surface area contributed by atoms with Gasteiger partial charge in [-0.25, -0.2) is 13.1 Å². The summed E-state index contributed by atoms with van der Waals surface area (Å²) in [6, 6.07) is 1.40. The van der Waals surface area contributed by atoms with Crippen LogP contribution in [-0.4, -0.2) is 14.5 Å². The van der Waals surface area contributed by atoms with E-state index in [-0.39, 0.29) is 17.5 Å². The topological polar surface area (TPSA) is 85.3 Å². The van der Waals surface area contributed by atoms with E-state index in [4.69, 9.17) is 10.2 Å². The molecule has 5 nitrogen and oxygen atoms in total. The molecular formula is C13H24N2O3S. The Balaban J connectivity index is 2.94. The molecule has 1 aromatic rings. The third-order valence-electron chi connectivity index (χ3n) is 3.51. The maximum absolute atomic E-state index is 12.3. The third-order valence-corrected chi connectivity index (χ3v) is 5.18. The molecule has 0 amide bonds. The Hall–Kier alpha value is -0.850. The summed E-state index contributed by atoms with van der Waals surface area (Å²) in [4.78, 5) is 0.186. The fraction of sp³-hybridized carbons (Fsp3) is 0.692. The van der Waals surface area contributed by atoms with Crippen LogP contribution in [0.3, 0.4) is 0 Å². The molecule has 1 rings (SSSR count). The van der Waals surface area contributed by atoms with Crippen molar-refractivity contribution in [1.82, 2.24) is 4.72 Å². The van der Waals surface area contributed by atoms with Crippen molar-refractivity contribution in [2.24, 2.45) is 11.7 Å². The van der Waals surface area contributed by atoms with Gasteiger partial charge in [-0.3, -0.25) is 0 Å². The van der Waals surface area contributed by atoms with E-state index in [0.29, 0.717) is 17.4 Å². The molecule has 110 valence electrons. The number of nitrogens with one attached hydrogen (secondary N) is 1. The van der Waals surface area contributed by atoms with E-state index >= 15 is 0 Å². The van der Waals surface area contributed by atoms with Crippen LogP contribution in [0.25, 0.3) is 0 Å². The van der Waals surface area contributed by atoms with E-state index in [1.165, 1.54) is 6.07 Å². The molecule has 0 aromatic carbocycles. The fourth-order valence-electron chi connectivity index (χ4n) is 2.29. The molecule has 1 aromatic heterocycles. The molecule has 3 N–H and O–H groups in total. The lowest BCUT2D eigenvalue weighted by atomic mass is 9.96. The van der Waals surface area contributed by atoms with Crippen LogP contribution in [0.2, 0.25) is 0 Å². The molecule has 0 saturated heterocycles. The number of furan rings is 1. The first-order valence-corrected chi connectivity index (χ1v) is 8.15. The average Bonchev–Trinajstić information content (AvgIpc) is 2.72. The van der Waals surface area contributed by atoms with Crippen molar-refractivity contribution >= 4 is 10.0 Å². The molecule has 0 bridgehead atoms. The number of hydrogen-bond acceptors (Lipinski definition) is 4. The zero-order chi connectivity index (χ0) is 14.6. The first kappa shape index (κ1) is 16.2. The standard InChI is InChI=1S/C13H24N2O3S/c1-5-11(6-2)9(3)15-19(16,17)13-7-12(8-14)18-10(13)4/h7,9,11,15H,5-6,8,14H2,1-4H3. The van der Waals surface area contributed by atoms with Crippen molar-refractivity contribution in [3.05, 3.63) is 17.6 Å². The molecule has 1 unspecified atom stereocenters. The molecule has 19 heavy (non-hydrogen) atoms. The minimum atomic E-state index is -3.54. The molecule has 6 heteroatoms. The Morgan fingerprint density at radius 3 is 2.37 bits per heavy atom. The van der Waals surface area contributed by atoms with Crippen molar-refractivity contribution in [3.8, 4) is 0 Å². The zero-order valence-electron chi connectivity index (χ0n) is 12.1. The van der Waals surface area contributed by atoms with Gasteiger partial charge in [0.1, 0.15) is 16.4 Å². The van der Waals surface area contributed by atoms with Crippen molar-refractivity contribution < 1.29 is 12.8 Å². The number of sulfonamides is 1. The summed E-state index contributed by atoms with van der Waals surface area (Å²) in [5.74, 6) is 1.19. The van der Waals surface area contributed by atoms with Gasteiger partial charge in [-0.05, 0) is 19.8 Å². The predicted octanol–water partition coefficient (Wildman–Crippen LogP) is 2.15. The SMILES string of the molecule is CCC(CC)C(C)NS(=O)(=O)c1cc(CN)oc1C. The zero-order valence-corrected chi connectivity index (χ0v) is 12.9. The number of nitrogens with two attached hydrogens (primary N) is 1. The predicted molar refractivity (Wildman–Crippen MR) is 75.2 cm³/mol. The molecule has 0 aliphatic rings. The van der Waals surface area contributed by atoms with Crippen molar-refractivity contribution in [2.75, 3.05) is 0 Å². The quantitative estimate of drug-likeness (QED) is 0.805. The van der Waals surface area contributed by atoms with Gasteiger partial charge in [-0.1, -0.05) is 26.7 Å². The van der Waals surface area contributed by atoms with E-state index < -0.39 is 10.0 Å². The molecule has 0 aliphatic heterocycles. The van der Waals surface area contributed by atoms with Gasteiger partial charge in [-0.2, -0.15) is 0 Å². The van der Waals surface area contributed by atoms with Gasteiger partial charge in [0.2, 0.25) is 10.0 Å². The second-order valence-electron chi connectivity index (χ2n) is 4.82. The van der Waals surface area contributed by atoms with Crippen molar-refractivity contribution in [2.45, 2.75) is 58.0 Å². The fourth-order valence-corrected chi connectivity index (χ4v) is 3.81. The van der Waals surface area contributed by atoms with Crippen LogP contribution in [0.4, 0.5) is 0 Å². The molecule has 1 atom stereocenters. The normalized spacial score (nSPS) is 14.0. The van der Waals surface area contributed by atoms with Gasteiger partial charge in [0, 0.05) is 12.1 Å². The lowest BCUT2D eigenvalue weighted by molar-refractivity contribution is 0.390. The Morgan fingerprint density at radius 1 is 1.37 bits per heavy atom. The molecule has 0 spiro atoms. The van der Waals surface area contributed by atoms with Crippen molar-refractivity contribution in [1.29, 1.82) is 0 Å². The monoisotopic (exact) mass is 288 g/mol. The smallest absolute Gasteiger partial charge is 0.244 e. The number of rotatable bonds is 7. The average molecular weight is 288 g/mol. The van der Waals surface area contributed by atoms with E-state index in [2.05, 4.69) is 18.6 Å². The van der Waals surface area contributed by atoms with Crippen LogP contribution in [0.1, 0.15) is 45.1 Å². The Kier molecular flexibility index (Phi) is 5.58. The van der Waals surface area contributed by atoms with E-state index in [9.17, 15) is 8.42 Å². The Bertz CT molecular complexity index is 504. The summed E-state index contributed by atoms with van der Waals surface area (Å²) in [5, 5.41) is 0. The number of aryl methyl sites for hydroxylation is 1. The number of hydrogen-bond donors (Lipinski definition) is 2. The van der Waals surface area contributed by atoms with Crippen LogP contribution in [0.5, 0.6) is 0 Å². The summed E-state index contributed by atoms with van der Waals surface area (Å²) in [7, 11) is -3.54. The summed E-state index contributed by atoms with van der Waals surface area (Å²) in [6.45, 7) is 7.85. The van der Waals surface area contributed by atoms with E-state index in [1.807, 2.05) is 6.92 Å². The highest BCUT2D eigenvalue weighted by atomic mass is 32.2. The second kappa shape index (κ2) is 6.54. The highest BCUT2D eigenvalue weighted by Crippen LogP contribution is 2.21. The first-order valence-electron chi connectivity index (χ1n) is 6.67. The maximum atomic E-state index is 12.3.